The fraction of sp³-hybridized carbons (Fsp3) is 0.900. The standard InChI is InChI=1S/C10H21NO/c1-5-6-7-8-10(9(2)12)11(3)4/h10H,5-8H2,1-4H3/t10-/m0/s1. The van der Waals surface area contributed by atoms with Crippen molar-refractivity contribution in [3.63, 3.8) is 0 Å². The van der Waals surface area contributed by atoms with Gasteiger partial charge in [0, 0.05) is 0 Å². The number of carbonyl (C=O) groups is 1. The first-order chi connectivity index (χ1) is 5.59. The molecule has 1 atom stereocenters. The molecule has 2 nitrogen and oxygen atoms in total. The van der Waals surface area contributed by atoms with Gasteiger partial charge in [-0.2, -0.15) is 0 Å². The SMILES string of the molecule is CCCCC[C@@H](C(C)=O)N(C)C. The van der Waals surface area contributed by atoms with Crippen LogP contribution in [-0.4, -0.2) is 30.8 Å². The molecule has 0 aliphatic rings. The van der Waals surface area contributed by atoms with Crippen LogP contribution in [0.25, 0.3) is 0 Å². The van der Waals surface area contributed by atoms with Gasteiger partial charge in [-0.15, -0.1) is 0 Å². The van der Waals surface area contributed by atoms with E-state index in [1.807, 2.05) is 19.0 Å². The molecule has 0 rings (SSSR count). The summed E-state index contributed by atoms with van der Waals surface area (Å²) in [5.41, 5.74) is 0. The first-order valence-corrected chi connectivity index (χ1v) is 4.76. The molecule has 0 saturated heterocycles. The zero-order valence-electron chi connectivity index (χ0n) is 8.76. The molecule has 0 spiro atoms. The van der Waals surface area contributed by atoms with Gasteiger partial charge in [-0.25, -0.2) is 0 Å². The second-order valence-electron chi connectivity index (χ2n) is 3.59. The Labute approximate surface area is 75.9 Å². The van der Waals surface area contributed by atoms with Gasteiger partial charge in [0.2, 0.25) is 0 Å². The molecule has 0 aromatic heterocycles. The highest BCUT2D eigenvalue weighted by Gasteiger charge is 2.14. The first kappa shape index (κ1) is 11.6. The number of nitrogens with zero attached hydrogens (tertiary/aromatic N) is 1. The Bertz CT molecular complexity index is 132. The van der Waals surface area contributed by atoms with Crippen LogP contribution in [0.3, 0.4) is 0 Å². The highest BCUT2D eigenvalue weighted by Crippen LogP contribution is 2.07. The van der Waals surface area contributed by atoms with Crippen molar-refractivity contribution in [2.24, 2.45) is 0 Å². The number of likely N-dealkylation sites (N-methyl/N-ethyl adjacent to an activating group) is 1. The molecule has 0 aromatic rings. The van der Waals surface area contributed by atoms with Crippen molar-refractivity contribution in [2.75, 3.05) is 14.1 Å². The summed E-state index contributed by atoms with van der Waals surface area (Å²) >= 11 is 0. The average Bonchev–Trinajstić information content (AvgIpc) is 1.96. The zero-order valence-corrected chi connectivity index (χ0v) is 8.76. The van der Waals surface area contributed by atoms with Crippen molar-refractivity contribution in [2.45, 2.75) is 45.6 Å². The van der Waals surface area contributed by atoms with Gasteiger partial charge in [-0.3, -0.25) is 9.69 Å². The predicted molar refractivity (Wildman–Crippen MR) is 52.3 cm³/mol. The van der Waals surface area contributed by atoms with E-state index in [1.54, 1.807) is 6.92 Å². The fourth-order valence-corrected chi connectivity index (χ4v) is 1.41. The smallest absolute Gasteiger partial charge is 0.146 e. The Balaban J connectivity index is 3.72. The van der Waals surface area contributed by atoms with Gasteiger partial charge >= 0.3 is 0 Å². The van der Waals surface area contributed by atoms with Gasteiger partial charge in [0.05, 0.1) is 6.04 Å². The van der Waals surface area contributed by atoms with Crippen LogP contribution >= 0.6 is 0 Å². The van der Waals surface area contributed by atoms with E-state index < -0.39 is 0 Å². The molecule has 0 aliphatic carbocycles. The Kier molecular flexibility index (Phi) is 5.99. The van der Waals surface area contributed by atoms with Crippen LogP contribution in [0.1, 0.15) is 39.5 Å². The van der Waals surface area contributed by atoms with Gasteiger partial charge in [0.1, 0.15) is 5.78 Å². The van der Waals surface area contributed by atoms with Crippen molar-refractivity contribution in [1.29, 1.82) is 0 Å². The molecular weight excluding hydrogens is 150 g/mol. The third-order valence-corrected chi connectivity index (χ3v) is 2.17. The number of hydrogen-bond acceptors (Lipinski definition) is 2. The van der Waals surface area contributed by atoms with Crippen molar-refractivity contribution in [3.05, 3.63) is 0 Å². The van der Waals surface area contributed by atoms with E-state index >= 15 is 0 Å². The molecule has 0 radical (unpaired) electrons. The van der Waals surface area contributed by atoms with Crippen LogP contribution in [-0.2, 0) is 4.79 Å². The van der Waals surface area contributed by atoms with E-state index in [1.165, 1.54) is 19.3 Å². The number of Topliss-reactive ketones (excluding diaryl/α,β-unsaturated/α-hetero) is 1. The largest absolute Gasteiger partial charge is 0.300 e. The van der Waals surface area contributed by atoms with Crippen LogP contribution in [0.5, 0.6) is 0 Å². The van der Waals surface area contributed by atoms with Crippen LogP contribution < -0.4 is 0 Å². The molecule has 72 valence electrons. The van der Waals surface area contributed by atoms with Gasteiger partial charge in [-0.05, 0) is 27.4 Å². The third kappa shape index (κ3) is 4.50. The van der Waals surface area contributed by atoms with Crippen molar-refractivity contribution < 1.29 is 4.79 Å². The second-order valence-corrected chi connectivity index (χ2v) is 3.59. The molecule has 0 amide bonds. The lowest BCUT2D eigenvalue weighted by molar-refractivity contribution is -0.121. The van der Waals surface area contributed by atoms with E-state index in [4.69, 9.17) is 0 Å². The maximum Gasteiger partial charge on any atom is 0.146 e. The predicted octanol–water partition coefficient (Wildman–Crippen LogP) is 2.09. The van der Waals surface area contributed by atoms with E-state index in [0.717, 1.165) is 6.42 Å². The summed E-state index contributed by atoms with van der Waals surface area (Å²) in [5.74, 6) is 0.288. The lowest BCUT2D eigenvalue weighted by Gasteiger charge is -2.21. The van der Waals surface area contributed by atoms with E-state index in [9.17, 15) is 4.79 Å². The van der Waals surface area contributed by atoms with Crippen LogP contribution in [0, 0.1) is 0 Å². The quantitative estimate of drug-likeness (QED) is 0.570. The maximum absolute atomic E-state index is 11.1. The summed E-state index contributed by atoms with van der Waals surface area (Å²) < 4.78 is 0. The van der Waals surface area contributed by atoms with E-state index in [2.05, 4.69) is 6.92 Å². The Morgan fingerprint density at radius 1 is 1.33 bits per heavy atom. The summed E-state index contributed by atoms with van der Waals surface area (Å²) in [6, 6.07) is 0.136. The molecule has 12 heavy (non-hydrogen) atoms. The topological polar surface area (TPSA) is 20.3 Å². The number of carbonyl (C=O) groups excluding carboxylic acids is 1. The molecule has 0 fully saturated rings. The highest BCUT2D eigenvalue weighted by molar-refractivity contribution is 5.81. The third-order valence-electron chi connectivity index (χ3n) is 2.17. The average molecular weight is 171 g/mol. The summed E-state index contributed by atoms with van der Waals surface area (Å²) in [7, 11) is 3.94. The monoisotopic (exact) mass is 171 g/mol. The number of unbranched alkanes of at least 4 members (excludes halogenated alkanes) is 2. The minimum atomic E-state index is 0.136. The summed E-state index contributed by atoms with van der Waals surface area (Å²) in [4.78, 5) is 13.1. The minimum Gasteiger partial charge on any atom is -0.300 e. The summed E-state index contributed by atoms with van der Waals surface area (Å²) in [6.07, 6.45) is 4.63. The maximum atomic E-state index is 11.1. The lowest BCUT2D eigenvalue weighted by Crippen LogP contribution is -2.34. The van der Waals surface area contributed by atoms with Gasteiger partial charge < -0.3 is 0 Å². The number of hydrogen-bond donors (Lipinski definition) is 0. The van der Waals surface area contributed by atoms with Gasteiger partial charge in [0.25, 0.3) is 0 Å². The minimum absolute atomic E-state index is 0.136. The second kappa shape index (κ2) is 6.18. The van der Waals surface area contributed by atoms with Gasteiger partial charge in [0.15, 0.2) is 0 Å². The first-order valence-electron chi connectivity index (χ1n) is 4.76. The molecule has 0 heterocycles. The van der Waals surface area contributed by atoms with E-state index in [-0.39, 0.29) is 11.8 Å². The molecule has 0 aliphatic heterocycles. The Hall–Kier alpha value is -0.370. The number of ketones is 1. The zero-order chi connectivity index (χ0) is 9.56. The Morgan fingerprint density at radius 3 is 2.25 bits per heavy atom. The summed E-state index contributed by atoms with van der Waals surface area (Å²) in [6.45, 7) is 3.86. The van der Waals surface area contributed by atoms with Crippen LogP contribution in [0.15, 0.2) is 0 Å². The lowest BCUT2D eigenvalue weighted by atomic mass is 10.0. The Morgan fingerprint density at radius 2 is 1.92 bits per heavy atom. The van der Waals surface area contributed by atoms with Crippen LogP contribution in [0.4, 0.5) is 0 Å². The highest BCUT2D eigenvalue weighted by atomic mass is 16.1. The molecular formula is C10H21NO. The van der Waals surface area contributed by atoms with Crippen molar-refractivity contribution in [3.8, 4) is 0 Å². The van der Waals surface area contributed by atoms with Crippen molar-refractivity contribution >= 4 is 5.78 Å². The molecule has 2 heteroatoms. The number of rotatable bonds is 6. The van der Waals surface area contributed by atoms with Crippen LogP contribution in [0.2, 0.25) is 0 Å². The van der Waals surface area contributed by atoms with Crippen molar-refractivity contribution in [1.82, 2.24) is 4.90 Å². The molecule has 0 bridgehead atoms. The molecule has 0 saturated carbocycles. The van der Waals surface area contributed by atoms with E-state index in [0.29, 0.717) is 0 Å². The molecule has 0 N–H and O–H groups in total. The fourth-order valence-electron chi connectivity index (χ4n) is 1.41. The molecule has 0 aromatic carbocycles. The van der Waals surface area contributed by atoms with Gasteiger partial charge in [-0.1, -0.05) is 26.2 Å². The summed E-state index contributed by atoms with van der Waals surface area (Å²) in [5, 5.41) is 0. The molecule has 0 unspecified atom stereocenters. The normalized spacial score (nSPS) is 13.4.